The van der Waals surface area contributed by atoms with Crippen LogP contribution in [0.25, 0.3) is 0 Å². The van der Waals surface area contributed by atoms with Gasteiger partial charge in [0, 0.05) is 23.9 Å². The molecule has 0 spiro atoms. The second-order valence-corrected chi connectivity index (χ2v) is 6.23. The number of benzene rings is 1. The molecule has 0 unspecified atom stereocenters. The molecule has 0 bridgehead atoms. The summed E-state index contributed by atoms with van der Waals surface area (Å²) in [7, 11) is 0. The minimum atomic E-state index is -0.691. The number of nitro groups is 1. The van der Waals surface area contributed by atoms with Gasteiger partial charge in [0.05, 0.1) is 11.3 Å². The van der Waals surface area contributed by atoms with Gasteiger partial charge in [0.1, 0.15) is 5.56 Å². The maximum Gasteiger partial charge on any atom is 0.282 e. The molecule has 1 aromatic carbocycles. The molecular weight excluding hydrogens is 324 g/mol. The Morgan fingerprint density at radius 3 is 2.28 bits per heavy atom. The summed E-state index contributed by atoms with van der Waals surface area (Å²) < 4.78 is 0. The number of rotatable bonds is 7. The zero-order valence-corrected chi connectivity index (χ0v) is 15.1. The first-order valence-electron chi connectivity index (χ1n) is 8.03. The molecule has 1 rings (SSSR count). The number of nitrogens with zero attached hydrogens (tertiary/aromatic N) is 3. The highest BCUT2D eigenvalue weighted by atomic mass is 16.6. The molecule has 0 saturated carbocycles. The summed E-state index contributed by atoms with van der Waals surface area (Å²) in [6.45, 7) is 9.35. The Morgan fingerprint density at radius 1 is 1.20 bits per heavy atom. The van der Waals surface area contributed by atoms with Crippen molar-refractivity contribution >= 4 is 23.2 Å². The maximum absolute atomic E-state index is 12.3. The molecule has 0 heterocycles. The van der Waals surface area contributed by atoms with Gasteiger partial charge in [0.2, 0.25) is 5.91 Å². The Morgan fingerprint density at radius 2 is 1.76 bits per heavy atom. The Kier molecular flexibility index (Phi) is 7.22. The third-order valence-corrected chi connectivity index (χ3v) is 3.50. The van der Waals surface area contributed by atoms with Crippen LogP contribution in [-0.2, 0) is 4.79 Å². The average Bonchev–Trinajstić information content (AvgIpc) is 2.51. The van der Waals surface area contributed by atoms with Gasteiger partial charge in [-0.05, 0) is 40.7 Å². The smallest absolute Gasteiger partial charge is 0.282 e. The topological polar surface area (TPSA) is 105 Å². The van der Waals surface area contributed by atoms with Gasteiger partial charge in [-0.2, -0.15) is 5.10 Å². The summed E-state index contributed by atoms with van der Waals surface area (Å²) in [5.41, 5.74) is 2.31. The lowest BCUT2D eigenvalue weighted by atomic mass is 10.1. The molecule has 8 heteroatoms. The van der Waals surface area contributed by atoms with Crippen molar-refractivity contribution in [3.05, 3.63) is 39.9 Å². The monoisotopic (exact) mass is 348 g/mol. The minimum Gasteiger partial charge on any atom is -0.338 e. The molecular formula is C17H24N4O4. The van der Waals surface area contributed by atoms with Crippen LogP contribution in [0.5, 0.6) is 0 Å². The normalized spacial score (nSPS) is 11.6. The van der Waals surface area contributed by atoms with Crippen LogP contribution in [0.15, 0.2) is 29.4 Å². The molecule has 1 N–H and O–H groups in total. The van der Waals surface area contributed by atoms with E-state index in [0.717, 1.165) is 0 Å². The van der Waals surface area contributed by atoms with Crippen molar-refractivity contribution in [1.82, 2.24) is 10.3 Å². The van der Waals surface area contributed by atoms with E-state index in [1.165, 1.54) is 24.3 Å². The quantitative estimate of drug-likeness (QED) is 0.464. The molecule has 0 aliphatic carbocycles. The van der Waals surface area contributed by atoms with Crippen LogP contribution >= 0.6 is 0 Å². The van der Waals surface area contributed by atoms with E-state index in [4.69, 9.17) is 0 Å². The SMILES string of the molecule is C/C(CC(=O)N(C(C)C)C(C)C)=N/NC(=O)c1ccccc1[N+](=O)[O-]. The molecule has 25 heavy (non-hydrogen) atoms. The van der Waals surface area contributed by atoms with E-state index in [1.54, 1.807) is 11.8 Å². The Balaban J connectivity index is 2.80. The fourth-order valence-electron chi connectivity index (χ4n) is 2.55. The molecule has 0 aromatic heterocycles. The van der Waals surface area contributed by atoms with E-state index in [0.29, 0.717) is 5.71 Å². The van der Waals surface area contributed by atoms with Crippen LogP contribution in [0.2, 0.25) is 0 Å². The van der Waals surface area contributed by atoms with Gasteiger partial charge < -0.3 is 4.90 Å². The zero-order chi connectivity index (χ0) is 19.1. The molecule has 0 saturated heterocycles. The molecule has 8 nitrogen and oxygen atoms in total. The van der Waals surface area contributed by atoms with Crippen LogP contribution in [0.1, 0.15) is 51.4 Å². The second-order valence-electron chi connectivity index (χ2n) is 6.23. The largest absolute Gasteiger partial charge is 0.338 e. The molecule has 0 aliphatic heterocycles. The molecule has 0 atom stereocenters. The molecule has 0 fully saturated rings. The number of hydrogen-bond donors (Lipinski definition) is 1. The molecule has 136 valence electrons. The highest BCUT2D eigenvalue weighted by Gasteiger charge is 2.21. The number of para-hydroxylation sites is 1. The van der Waals surface area contributed by atoms with Crippen molar-refractivity contribution in [2.75, 3.05) is 0 Å². The Bertz CT molecular complexity index is 675. The van der Waals surface area contributed by atoms with E-state index >= 15 is 0 Å². The van der Waals surface area contributed by atoms with Crippen molar-refractivity contribution < 1.29 is 14.5 Å². The van der Waals surface area contributed by atoms with E-state index in [1.807, 2.05) is 27.7 Å². The fraction of sp³-hybridized carbons (Fsp3) is 0.471. The third kappa shape index (κ3) is 5.66. The summed E-state index contributed by atoms with van der Waals surface area (Å²) in [6, 6.07) is 5.73. The lowest BCUT2D eigenvalue weighted by Crippen LogP contribution is -2.42. The fourth-order valence-corrected chi connectivity index (χ4v) is 2.55. The predicted molar refractivity (Wildman–Crippen MR) is 95.4 cm³/mol. The number of nitrogens with one attached hydrogen (secondary N) is 1. The second kappa shape index (κ2) is 8.91. The highest BCUT2D eigenvalue weighted by Crippen LogP contribution is 2.17. The van der Waals surface area contributed by atoms with Gasteiger partial charge in [-0.3, -0.25) is 19.7 Å². The van der Waals surface area contributed by atoms with Crippen molar-refractivity contribution in [3.8, 4) is 0 Å². The number of hydrazone groups is 1. The van der Waals surface area contributed by atoms with Gasteiger partial charge in [0.15, 0.2) is 0 Å². The van der Waals surface area contributed by atoms with E-state index in [2.05, 4.69) is 10.5 Å². The van der Waals surface area contributed by atoms with Gasteiger partial charge in [0.25, 0.3) is 11.6 Å². The molecule has 0 aliphatic rings. The summed E-state index contributed by atoms with van der Waals surface area (Å²) in [4.78, 5) is 36.5. The van der Waals surface area contributed by atoms with Crippen molar-refractivity contribution in [2.45, 2.75) is 53.1 Å². The maximum atomic E-state index is 12.3. The lowest BCUT2D eigenvalue weighted by molar-refractivity contribution is -0.385. The minimum absolute atomic E-state index is 0.0573. The number of carbonyl (C=O) groups is 2. The summed E-state index contributed by atoms with van der Waals surface area (Å²) in [5, 5.41) is 14.8. The lowest BCUT2D eigenvalue weighted by Gasteiger charge is -2.30. The molecule has 2 amide bonds. The first kappa shape index (κ1) is 20.3. The predicted octanol–water partition coefficient (Wildman–Crippen LogP) is 2.74. The zero-order valence-electron chi connectivity index (χ0n) is 15.1. The van der Waals surface area contributed by atoms with Gasteiger partial charge >= 0.3 is 0 Å². The van der Waals surface area contributed by atoms with E-state index < -0.39 is 10.8 Å². The standard InChI is InChI=1S/C17H24N4O4/c1-11(2)20(12(3)4)16(22)10-13(5)18-19-17(23)14-8-6-7-9-15(14)21(24)25/h6-9,11-12H,10H2,1-5H3,(H,19,23)/b18-13-. The van der Waals surface area contributed by atoms with Gasteiger partial charge in [-0.25, -0.2) is 5.43 Å². The summed E-state index contributed by atoms with van der Waals surface area (Å²) >= 11 is 0. The number of carbonyl (C=O) groups excluding carboxylic acids is 2. The van der Waals surface area contributed by atoms with Crippen LogP contribution in [-0.4, -0.2) is 39.4 Å². The summed E-state index contributed by atoms with van der Waals surface area (Å²) in [5.74, 6) is -0.783. The van der Waals surface area contributed by atoms with Crippen molar-refractivity contribution in [1.29, 1.82) is 0 Å². The van der Waals surface area contributed by atoms with Gasteiger partial charge in [-0.1, -0.05) is 12.1 Å². The van der Waals surface area contributed by atoms with Gasteiger partial charge in [-0.15, -0.1) is 0 Å². The number of amides is 2. The molecule has 0 radical (unpaired) electrons. The third-order valence-electron chi connectivity index (χ3n) is 3.50. The van der Waals surface area contributed by atoms with E-state index in [-0.39, 0.29) is 35.7 Å². The Labute approximate surface area is 147 Å². The van der Waals surface area contributed by atoms with Crippen LogP contribution in [0.4, 0.5) is 5.69 Å². The average molecular weight is 348 g/mol. The van der Waals surface area contributed by atoms with E-state index in [9.17, 15) is 19.7 Å². The number of hydrogen-bond acceptors (Lipinski definition) is 5. The highest BCUT2D eigenvalue weighted by molar-refractivity contribution is 6.02. The first-order chi connectivity index (χ1) is 11.6. The van der Waals surface area contributed by atoms with Crippen molar-refractivity contribution in [2.24, 2.45) is 5.10 Å². The molecule has 1 aromatic rings. The van der Waals surface area contributed by atoms with Crippen molar-refractivity contribution in [3.63, 3.8) is 0 Å². The first-order valence-corrected chi connectivity index (χ1v) is 8.03. The van der Waals surface area contributed by atoms with Crippen LogP contribution in [0, 0.1) is 10.1 Å². The van der Waals surface area contributed by atoms with Crippen LogP contribution < -0.4 is 5.43 Å². The number of nitro benzene ring substituents is 1. The van der Waals surface area contributed by atoms with Crippen LogP contribution in [0.3, 0.4) is 0 Å². The summed E-state index contributed by atoms with van der Waals surface area (Å²) in [6.07, 6.45) is 0.0630. The Hall–Kier alpha value is -2.77.